The van der Waals surface area contributed by atoms with Crippen LogP contribution in [0.3, 0.4) is 0 Å². The minimum absolute atomic E-state index is 0.110. The Hall–Kier alpha value is -1.32. The fourth-order valence-electron chi connectivity index (χ4n) is 1.22. The molecule has 0 aliphatic rings. The van der Waals surface area contributed by atoms with Crippen LogP contribution in [0.5, 0.6) is 0 Å². The van der Waals surface area contributed by atoms with Crippen LogP contribution in [0.2, 0.25) is 5.02 Å². The van der Waals surface area contributed by atoms with Crippen molar-refractivity contribution in [1.29, 1.82) is 0 Å². The lowest BCUT2D eigenvalue weighted by Gasteiger charge is -2.04. The molecular formula is C12H15ClN2O. The van der Waals surface area contributed by atoms with Gasteiger partial charge in [-0.2, -0.15) is 0 Å². The molecule has 0 unspecified atom stereocenters. The number of aryl methyl sites for hydroxylation is 1. The Bertz CT molecular complexity index is 402. The normalized spacial score (nSPS) is 10.7. The average Bonchev–Trinajstić information content (AvgIpc) is 2.28. The maximum atomic E-state index is 11.7. The number of halogens is 1. The molecule has 16 heavy (non-hydrogen) atoms. The first-order valence-corrected chi connectivity index (χ1v) is 5.42. The van der Waals surface area contributed by atoms with Crippen LogP contribution in [0.15, 0.2) is 30.4 Å². The van der Waals surface area contributed by atoms with Gasteiger partial charge in [0, 0.05) is 23.7 Å². The Morgan fingerprint density at radius 3 is 2.88 bits per heavy atom. The lowest BCUT2D eigenvalue weighted by atomic mass is 10.1. The average molecular weight is 239 g/mol. The minimum Gasteiger partial charge on any atom is -0.349 e. The number of rotatable bonds is 4. The van der Waals surface area contributed by atoms with Crippen LogP contribution in [-0.4, -0.2) is 19.0 Å². The third-order valence-corrected chi connectivity index (χ3v) is 2.53. The van der Waals surface area contributed by atoms with Crippen molar-refractivity contribution in [2.45, 2.75) is 6.92 Å². The molecule has 1 amide bonds. The predicted octanol–water partition coefficient (Wildman–Crippen LogP) is 1.89. The van der Waals surface area contributed by atoms with Crippen molar-refractivity contribution in [3.63, 3.8) is 0 Å². The number of amides is 1. The summed E-state index contributed by atoms with van der Waals surface area (Å²) in [6.07, 6.45) is 3.62. The molecule has 4 heteroatoms. The third-order valence-electron chi connectivity index (χ3n) is 2.10. The maximum absolute atomic E-state index is 11.7. The molecule has 0 saturated carbocycles. The van der Waals surface area contributed by atoms with Gasteiger partial charge >= 0.3 is 0 Å². The van der Waals surface area contributed by atoms with Gasteiger partial charge in [-0.25, -0.2) is 0 Å². The number of hydrogen-bond acceptors (Lipinski definition) is 2. The number of carbonyl (C=O) groups excluding carboxylic acids is 1. The second kappa shape index (κ2) is 6.30. The van der Waals surface area contributed by atoms with Gasteiger partial charge in [-0.05, 0) is 30.7 Å². The van der Waals surface area contributed by atoms with Crippen LogP contribution in [0.4, 0.5) is 0 Å². The Balaban J connectivity index is 2.59. The van der Waals surface area contributed by atoms with Crippen molar-refractivity contribution in [3.05, 3.63) is 46.5 Å². The van der Waals surface area contributed by atoms with E-state index in [0.29, 0.717) is 23.7 Å². The van der Waals surface area contributed by atoms with E-state index in [2.05, 4.69) is 5.32 Å². The van der Waals surface area contributed by atoms with Crippen molar-refractivity contribution in [2.75, 3.05) is 13.1 Å². The van der Waals surface area contributed by atoms with E-state index in [1.165, 1.54) is 0 Å². The van der Waals surface area contributed by atoms with E-state index in [0.717, 1.165) is 5.56 Å². The molecule has 0 atom stereocenters. The van der Waals surface area contributed by atoms with Crippen LogP contribution >= 0.6 is 11.6 Å². The van der Waals surface area contributed by atoms with Crippen molar-refractivity contribution in [2.24, 2.45) is 5.73 Å². The summed E-state index contributed by atoms with van der Waals surface area (Å²) in [6.45, 7) is 2.83. The molecule has 0 aromatic heterocycles. The Morgan fingerprint density at radius 1 is 1.50 bits per heavy atom. The number of benzene rings is 1. The zero-order valence-electron chi connectivity index (χ0n) is 9.16. The summed E-state index contributed by atoms with van der Waals surface area (Å²) in [4.78, 5) is 11.7. The summed E-state index contributed by atoms with van der Waals surface area (Å²) in [5.41, 5.74) is 6.79. The number of nitrogens with one attached hydrogen (secondary N) is 1. The van der Waals surface area contributed by atoms with E-state index in [1.54, 1.807) is 24.3 Å². The first-order valence-electron chi connectivity index (χ1n) is 5.04. The summed E-state index contributed by atoms with van der Waals surface area (Å²) >= 11 is 5.87. The van der Waals surface area contributed by atoms with Crippen molar-refractivity contribution in [1.82, 2.24) is 5.32 Å². The highest BCUT2D eigenvalue weighted by Gasteiger charge is 2.05. The Labute approximate surface area is 100 Å². The van der Waals surface area contributed by atoms with Crippen LogP contribution in [0, 0.1) is 6.92 Å². The summed E-state index contributed by atoms with van der Waals surface area (Å²) in [6, 6.07) is 5.20. The molecule has 0 radical (unpaired) electrons. The number of hydrogen-bond donors (Lipinski definition) is 2. The van der Waals surface area contributed by atoms with Crippen molar-refractivity contribution >= 4 is 17.5 Å². The van der Waals surface area contributed by atoms with Gasteiger partial charge in [0.1, 0.15) is 0 Å². The molecule has 1 aromatic carbocycles. The third kappa shape index (κ3) is 3.68. The lowest BCUT2D eigenvalue weighted by molar-refractivity contribution is 0.0958. The fourth-order valence-corrected chi connectivity index (χ4v) is 1.34. The molecule has 0 saturated heterocycles. The molecule has 0 aliphatic carbocycles. The Morgan fingerprint density at radius 2 is 2.25 bits per heavy atom. The number of nitrogens with two attached hydrogens (primary N) is 1. The van der Waals surface area contributed by atoms with Crippen LogP contribution in [-0.2, 0) is 0 Å². The van der Waals surface area contributed by atoms with Gasteiger partial charge in [-0.15, -0.1) is 0 Å². The minimum atomic E-state index is -0.110. The second-order valence-electron chi connectivity index (χ2n) is 3.38. The topological polar surface area (TPSA) is 55.1 Å². The van der Waals surface area contributed by atoms with E-state index in [4.69, 9.17) is 17.3 Å². The molecule has 0 fully saturated rings. The van der Waals surface area contributed by atoms with Crippen LogP contribution < -0.4 is 11.1 Å². The largest absolute Gasteiger partial charge is 0.349 e. The van der Waals surface area contributed by atoms with E-state index in [9.17, 15) is 4.79 Å². The molecule has 0 aliphatic heterocycles. The molecular weight excluding hydrogens is 224 g/mol. The highest BCUT2D eigenvalue weighted by atomic mass is 35.5. The maximum Gasteiger partial charge on any atom is 0.251 e. The van der Waals surface area contributed by atoms with Crippen molar-refractivity contribution < 1.29 is 4.79 Å². The Kier molecular flexibility index (Phi) is 5.02. The van der Waals surface area contributed by atoms with Gasteiger partial charge in [-0.3, -0.25) is 4.79 Å². The van der Waals surface area contributed by atoms with Gasteiger partial charge in [0.25, 0.3) is 5.91 Å². The van der Waals surface area contributed by atoms with Gasteiger partial charge in [-0.1, -0.05) is 23.8 Å². The highest BCUT2D eigenvalue weighted by Crippen LogP contribution is 2.15. The van der Waals surface area contributed by atoms with Crippen molar-refractivity contribution in [3.8, 4) is 0 Å². The van der Waals surface area contributed by atoms with Gasteiger partial charge < -0.3 is 11.1 Å². The SMILES string of the molecule is Cc1cc(C(=O)NC/C=C/CN)ccc1Cl. The standard InChI is InChI=1S/C12H15ClN2O/c1-9-8-10(4-5-11(9)13)12(16)15-7-3-2-6-14/h2-5,8H,6-7,14H2,1H3,(H,15,16)/b3-2+. The monoisotopic (exact) mass is 238 g/mol. The first-order chi connectivity index (χ1) is 7.65. The first kappa shape index (κ1) is 12.7. The molecule has 0 spiro atoms. The molecule has 1 rings (SSSR count). The smallest absolute Gasteiger partial charge is 0.251 e. The molecule has 1 aromatic rings. The quantitative estimate of drug-likeness (QED) is 0.788. The summed E-state index contributed by atoms with van der Waals surface area (Å²) in [5, 5.41) is 3.42. The fraction of sp³-hybridized carbons (Fsp3) is 0.250. The lowest BCUT2D eigenvalue weighted by Crippen LogP contribution is -2.23. The zero-order chi connectivity index (χ0) is 12.0. The van der Waals surface area contributed by atoms with E-state index in [1.807, 2.05) is 13.0 Å². The van der Waals surface area contributed by atoms with Crippen LogP contribution in [0.25, 0.3) is 0 Å². The van der Waals surface area contributed by atoms with E-state index >= 15 is 0 Å². The zero-order valence-corrected chi connectivity index (χ0v) is 9.92. The van der Waals surface area contributed by atoms with E-state index in [-0.39, 0.29) is 5.91 Å². The second-order valence-corrected chi connectivity index (χ2v) is 3.79. The predicted molar refractivity (Wildman–Crippen MR) is 66.7 cm³/mol. The van der Waals surface area contributed by atoms with E-state index < -0.39 is 0 Å². The number of carbonyl (C=O) groups is 1. The summed E-state index contributed by atoms with van der Waals surface area (Å²) < 4.78 is 0. The molecule has 0 bridgehead atoms. The molecule has 3 nitrogen and oxygen atoms in total. The van der Waals surface area contributed by atoms with Gasteiger partial charge in [0.2, 0.25) is 0 Å². The summed E-state index contributed by atoms with van der Waals surface area (Å²) in [5.74, 6) is -0.110. The van der Waals surface area contributed by atoms with Gasteiger partial charge in [0.15, 0.2) is 0 Å². The highest BCUT2D eigenvalue weighted by molar-refractivity contribution is 6.31. The van der Waals surface area contributed by atoms with Gasteiger partial charge in [0.05, 0.1) is 0 Å². The van der Waals surface area contributed by atoms with Crippen LogP contribution in [0.1, 0.15) is 15.9 Å². The molecule has 3 N–H and O–H groups in total. The summed E-state index contributed by atoms with van der Waals surface area (Å²) in [7, 11) is 0. The molecule has 0 heterocycles. The molecule has 86 valence electrons.